The molecule has 2 rings (SSSR count). The second-order valence-electron chi connectivity index (χ2n) is 4.01. The van der Waals surface area contributed by atoms with Gasteiger partial charge in [0.2, 0.25) is 0 Å². The highest BCUT2D eigenvalue weighted by molar-refractivity contribution is 7.10. The number of rotatable bonds is 5. The van der Waals surface area contributed by atoms with Gasteiger partial charge < -0.3 is 15.2 Å². The minimum atomic E-state index is -0.431. The Morgan fingerprint density at radius 1 is 1.45 bits per heavy atom. The molecule has 0 fully saturated rings. The molecule has 0 bridgehead atoms. The van der Waals surface area contributed by atoms with E-state index in [4.69, 9.17) is 15.2 Å². The van der Waals surface area contributed by atoms with E-state index < -0.39 is 12.0 Å². The summed E-state index contributed by atoms with van der Waals surface area (Å²) < 4.78 is 10.2. The molecule has 0 amide bonds. The van der Waals surface area contributed by atoms with Crippen LogP contribution in [0.5, 0.6) is 5.75 Å². The number of para-hydroxylation sites is 1. The normalized spacial score (nSPS) is 11.9. The van der Waals surface area contributed by atoms with Gasteiger partial charge in [0, 0.05) is 10.9 Å². The lowest BCUT2D eigenvalue weighted by Crippen LogP contribution is -2.13. The number of carbonyl (C=O) groups is 1. The molecular weight excluding hydrogens is 276 g/mol. The summed E-state index contributed by atoms with van der Waals surface area (Å²) in [5, 5.41) is 2.31. The molecule has 2 N–H and O–H groups in total. The maximum absolute atomic E-state index is 11.6. The minimum Gasteiger partial charge on any atom is -0.496 e. The number of esters is 1. The molecule has 0 saturated carbocycles. The molecule has 1 atom stereocenters. The van der Waals surface area contributed by atoms with Crippen molar-refractivity contribution in [3.63, 3.8) is 0 Å². The zero-order chi connectivity index (χ0) is 14.5. The maximum Gasteiger partial charge on any atom is 0.357 e. The molecule has 0 aliphatic rings. The lowest BCUT2D eigenvalue weighted by atomic mass is 10.1. The molecule has 106 valence electrons. The van der Waals surface area contributed by atoms with Crippen molar-refractivity contribution in [2.45, 2.75) is 13.0 Å². The third-order valence-corrected chi connectivity index (χ3v) is 3.67. The van der Waals surface area contributed by atoms with Gasteiger partial charge in [-0.2, -0.15) is 0 Å². The van der Waals surface area contributed by atoms with E-state index in [1.54, 1.807) is 19.4 Å². The molecule has 0 aliphatic heterocycles. The minimum absolute atomic E-state index is 0.289. The average molecular weight is 292 g/mol. The summed E-state index contributed by atoms with van der Waals surface area (Å²) in [6, 6.07) is 7.06. The van der Waals surface area contributed by atoms with Crippen molar-refractivity contribution in [2.24, 2.45) is 5.73 Å². The van der Waals surface area contributed by atoms with Crippen LogP contribution in [0, 0.1) is 0 Å². The van der Waals surface area contributed by atoms with Gasteiger partial charge in [0.05, 0.1) is 19.8 Å². The largest absolute Gasteiger partial charge is 0.496 e. The Hall–Kier alpha value is -1.92. The number of carbonyl (C=O) groups excluding carboxylic acids is 1. The number of nitrogens with zero attached hydrogens (tertiary/aromatic N) is 1. The number of hydrogen-bond acceptors (Lipinski definition) is 6. The Morgan fingerprint density at radius 2 is 2.20 bits per heavy atom. The molecule has 5 nitrogen and oxygen atoms in total. The van der Waals surface area contributed by atoms with Crippen molar-refractivity contribution in [2.75, 3.05) is 13.7 Å². The van der Waals surface area contributed by atoms with E-state index in [1.807, 2.05) is 24.3 Å². The highest BCUT2D eigenvalue weighted by atomic mass is 32.1. The van der Waals surface area contributed by atoms with Gasteiger partial charge in [-0.15, -0.1) is 11.3 Å². The number of hydrogen-bond donors (Lipinski definition) is 1. The topological polar surface area (TPSA) is 74.4 Å². The Kier molecular flexibility index (Phi) is 4.70. The molecule has 2 aromatic rings. The summed E-state index contributed by atoms with van der Waals surface area (Å²) in [6.45, 7) is 2.08. The van der Waals surface area contributed by atoms with Gasteiger partial charge in [0.1, 0.15) is 10.8 Å². The van der Waals surface area contributed by atoms with Gasteiger partial charge in [-0.3, -0.25) is 0 Å². The van der Waals surface area contributed by atoms with Gasteiger partial charge >= 0.3 is 5.97 Å². The first-order valence-corrected chi connectivity index (χ1v) is 7.06. The zero-order valence-electron chi connectivity index (χ0n) is 11.3. The molecule has 6 heteroatoms. The molecule has 1 aromatic carbocycles. The van der Waals surface area contributed by atoms with Crippen LogP contribution in [-0.2, 0) is 4.74 Å². The first-order valence-electron chi connectivity index (χ1n) is 6.18. The van der Waals surface area contributed by atoms with Crippen LogP contribution >= 0.6 is 11.3 Å². The molecule has 0 aliphatic carbocycles. The summed E-state index contributed by atoms with van der Waals surface area (Å²) >= 11 is 1.33. The second-order valence-corrected chi connectivity index (χ2v) is 4.90. The van der Waals surface area contributed by atoms with E-state index in [2.05, 4.69) is 4.98 Å². The van der Waals surface area contributed by atoms with Crippen LogP contribution in [0.2, 0.25) is 0 Å². The van der Waals surface area contributed by atoms with E-state index in [1.165, 1.54) is 11.3 Å². The number of nitrogens with two attached hydrogens (primary N) is 1. The summed E-state index contributed by atoms with van der Waals surface area (Å²) in [5.41, 5.74) is 7.32. The van der Waals surface area contributed by atoms with Crippen LogP contribution in [0.1, 0.15) is 34.0 Å². The Bertz CT molecular complexity index is 598. The molecule has 1 unspecified atom stereocenters. The molecule has 1 heterocycles. The third kappa shape index (κ3) is 2.97. The van der Waals surface area contributed by atoms with Gasteiger partial charge in [-0.25, -0.2) is 9.78 Å². The standard InChI is InChI=1S/C14H16N2O3S/c1-3-19-14(17)10-8-20-13(16-10)12(15)9-6-4-5-7-11(9)18-2/h4-8,12H,3,15H2,1-2H3. The van der Waals surface area contributed by atoms with Crippen molar-refractivity contribution < 1.29 is 14.3 Å². The van der Waals surface area contributed by atoms with Crippen molar-refractivity contribution >= 4 is 17.3 Å². The number of thiazole rings is 1. The van der Waals surface area contributed by atoms with Gasteiger partial charge in [-0.1, -0.05) is 18.2 Å². The van der Waals surface area contributed by atoms with Crippen molar-refractivity contribution in [3.05, 3.63) is 45.9 Å². The van der Waals surface area contributed by atoms with Gasteiger partial charge in [0.15, 0.2) is 5.69 Å². The van der Waals surface area contributed by atoms with Crippen molar-refractivity contribution in [3.8, 4) is 5.75 Å². The quantitative estimate of drug-likeness (QED) is 0.856. The molecular formula is C14H16N2O3S. The molecule has 0 radical (unpaired) electrons. The summed E-state index contributed by atoms with van der Waals surface area (Å²) in [5.74, 6) is 0.273. The SMILES string of the molecule is CCOC(=O)c1csc(C(N)c2ccccc2OC)n1. The summed E-state index contributed by atoms with van der Waals surface area (Å²) in [7, 11) is 1.59. The highest BCUT2D eigenvalue weighted by Gasteiger charge is 2.19. The predicted octanol–water partition coefficient (Wildman–Crippen LogP) is 2.38. The van der Waals surface area contributed by atoms with E-state index in [0.717, 1.165) is 5.56 Å². The first kappa shape index (κ1) is 14.5. The highest BCUT2D eigenvalue weighted by Crippen LogP contribution is 2.29. The second kappa shape index (κ2) is 6.49. The van der Waals surface area contributed by atoms with E-state index in [0.29, 0.717) is 17.4 Å². The Labute approximate surface area is 121 Å². The van der Waals surface area contributed by atoms with Crippen LogP contribution in [0.25, 0.3) is 0 Å². The Morgan fingerprint density at radius 3 is 2.90 bits per heavy atom. The average Bonchev–Trinajstić information content (AvgIpc) is 2.96. The number of aromatic nitrogens is 1. The number of ether oxygens (including phenoxy) is 2. The van der Waals surface area contributed by atoms with Crippen LogP contribution in [0.15, 0.2) is 29.6 Å². The molecule has 20 heavy (non-hydrogen) atoms. The third-order valence-electron chi connectivity index (χ3n) is 2.75. The van der Waals surface area contributed by atoms with E-state index >= 15 is 0 Å². The fourth-order valence-electron chi connectivity index (χ4n) is 1.79. The molecule has 0 saturated heterocycles. The van der Waals surface area contributed by atoms with E-state index in [9.17, 15) is 4.79 Å². The van der Waals surface area contributed by atoms with Crippen LogP contribution < -0.4 is 10.5 Å². The summed E-state index contributed by atoms with van der Waals surface area (Å²) in [4.78, 5) is 15.8. The first-order chi connectivity index (χ1) is 9.67. The van der Waals surface area contributed by atoms with Crippen LogP contribution in [0.3, 0.4) is 0 Å². The monoisotopic (exact) mass is 292 g/mol. The van der Waals surface area contributed by atoms with Crippen molar-refractivity contribution in [1.82, 2.24) is 4.98 Å². The summed E-state index contributed by atoms with van der Waals surface area (Å²) in [6.07, 6.45) is 0. The number of benzene rings is 1. The fraction of sp³-hybridized carbons (Fsp3) is 0.286. The van der Waals surface area contributed by atoms with Crippen LogP contribution in [0.4, 0.5) is 0 Å². The van der Waals surface area contributed by atoms with Gasteiger partial charge in [0.25, 0.3) is 0 Å². The van der Waals surface area contributed by atoms with Crippen LogP contribution in [-0.4, -0.2) is 24.7 Å². The zero-order valence-corrected chi connectivity index (χ0v) is 12.1. The smallest absolute Gasteiger partial charge is 0.357 e. The van der Waals surface area contributed by atoms with Gasteiger partial charge in [-0.05, 0) is 13.0 Å². The lowest BCUT2D eigenvalue weighted by Gasteiger charge is -2.13. The Balaban J connectivity index is 2.25. The molecule has 1 aromatic heterocycles. The maximum atomic E-state index is 11.6. The fourth-order valence-corrected chi connectivity index (χ4v) is 2.59. The van der Waals surface area contributed by atoms with Crippen molar-refractivity contribution in [1.29, 1.82) is 0 Å². The molecule has 0 spiro atoms. The number of methoxy groups -OCH3 is 1. The lowest BCUT2D eigenvalue weighted by molar-refractivity contribution is 0.0520. The predicted molar refractivity (Wildman–Crippen MR) is 77.1 cm³/mol. The van der Waals surface area contributed by atoms with E-state index in [-0.39, 0.29) is 5.69 Å².